The van der Waals surface area contributed by atoms with Gasteiger partial charge in [0.25, 0.3) is 0 Å². The van der Waals surface area contributed by atoms with Crippen LogP contribution < -0.4 is 0 Å². The smallest absolute Gasteiger partial charge is 0.0135 e. The number of hydrogen-bond acceptors (Lipinski definition) is 0. The minimum atomic E-state index is 0. The quantitative estimate of drug-likeness (QED) is 0.346. The van der Waals surface area contributed by atoms with Crippen molar-refractivity contribution in [2.75, 3.05) is 0 Å². The van der Waals surface area contributed by atoms with Crippen LogP contribution in [0.15, 0.2) is 0 Å². The van der Waals surface area contributed by atoms with Crippen molar-refractivity contribution in [1.82, 2.24) is 0 Å². The first kappa shape index (κ1) is 8.84. The summed E-state index contributed by atoms with van der Waals surface area (Å²) in [5.41, 5.74) is 0. The summed E-state index contributed by atoms with van der Waals surface area (Å²) in [7, 11) is 0.417. The van der Waals surface area contributed by atoms with Crippen molar-refractivity contribution in [1.29, 1.82) is 0 Å². The van der Waals surface area contributed by atoms with Gasteiger partial charge in [0.15, 0.2) is 0 Å². The van der Waals surface area contributed by atoms with Crippen LogP contribution in [0.2, 0.25) is 13.1 Å². The number of rotatable bonds is 0. The Hall–Kier alpha value is 0.814. The maximum absolute atomic E-state index is 2.26. The molecule has 0 bridgehead atoms. The summed E-state index contributed by atoms with van der Waals surface area (Å²) < 4.78 is 0. The molecule has 1 radical (unpaired) electrons. The summed E-state index contributed by atoms with van der Waals surface area (Å²) >= 11 is 0. The molecular formula is C2H8LiSi. The molecule has 21 valence electrons. The second-order valence-electron chi connectivity index (χ2n) is 0.707. The van der Waals surface area contributed by atoms with Crippen LogP contribution in [-0.4, -0.2) is 28.4 Å². The van der Waals surface area contributed by atoms with E-state index in [1.807, 2.05) is 0 Å². The third kappa shape index (κ3) is 14.0. The second kappa shape index (κ2) is 9.18. The summed E-state index contributed by atoms with van der Waals surface area (Å²) in [6, 6.07) is 0. The van der Waals surface area contributed by atoms with Crippen molar-refractivity contribution in [3.05, 3.63) is 0 Å². The molecule has 0 aromatic carbocycles. The van der Waals surface area contributed by atoms with Crippen LogP contribution in [0.4, 0.5) is 0 Å². The van der Waals surface area contributed by atoms with Crippen LogP contribution in [0, 0.1) is 0 Å². The van der Waals surface area contributed by atoms with Gasteiger partial charge in [0.05, 0.1) is 0 Å². The van der Waals surface area contributed by atoms with Crippen LogP contribution in [-0.2, 0) is 0 Å². The van der Waals surface area contributed by atoms with E-state index in [0.29, 0.717) is 9.52 Å². The minimum Gasteiger partial charge on any atom is -0.0750 e. The molecule has 0 fully saturated rings. The normalized spacial score (nSPS) is 4.50. The van der Waals surface area contributed by atoms with Crippen LogP contribution in [0.5, 0.6) is 0 Å². The molecule has 0 unspecified atom stereocenters. The van der Waals surface area contributed by atoms with Crippen LogP contribution >= 0.6 is 0 Å². The Bertz CT molecular complexity index is 6.00. The van der Waals surface area contributed by atoms with Crippen LogP contribution in [0.3, 0.4) is 0 Å². The monoisotopic (exact) mass is 67.1 g/mol. The summed E-state index contributed by atoms with van der Waals surface area (Å²) in [6.07, 6.45) is 0. The van der Waals surface area contributed by atoms with Crippen molar-refractivity contribution >= 4 is 28.4 Å². The zero-order valence-electron chi connectivity index (χ0n) is 3.71. The molecule has 0 spiro atoms. The standard InChI is InChI=1S/C2H8Si.Li/c1-3-2;/h3H2,1-2H3;. The zero-order valence-corrected chi connectivity index (χ0v) is 5.12. The molecule has 0 atom stereocenters. The number of hydrogen-bond donors (Lipinski definition) is 0. The van der Waals surface area contributed by atoms with E-state index < -0.39 is 0 Å². The summed E-state index contributed by atoms with van der Waals surface area (Å²) in [5.74, 6) is 0. The van der Waals surface area contributed by atoms with E-state index in [1.54, 1.807) is 0 Å². The Kier molecular flexibility index (Phi) is 20.3. The van der Waals surface area contributed by atoms with E-state index in [-0.39, 0.29) is 18.9 Å². The van der Waals surface area contributed by atoms with Gasteiger partial charge in [-0.1, -0.05) is 13.1 Å². The van der Waals surface area contributed by atoms with E-state index in [2.05, 4.69) is 13.1 Å². The molecule has 0 aromatic heterocycles. The Balaban J connectivity index is 0. The van der Waals surface area contributed by atoms with Crippen LogP contribution in [0.25, 0.3) is 0 Å². The van der Waals surface area contributed by atoms with Gasteiger partial charge >= 0.3 is 0 Å². The van der Waals surface area contributed by atoms with E-state index in [0.717, 1.165) is 0 Å². The first-order valence-corrected chi connectivity index (χ1v) is 4.24. The molecule has 0 amide bonds. The Morgan fingerprint density at radius 1 is 1.25 bits per heavy atom. The van der Waals surface area contributed by atoms with E-state index in [1.165, 1.54) is 0 Å². The molecule has 0 aromatic rings. The topological polar surface area (TPSA) is 0 Å². The summed E-state index contributed by atoms with van der Waals surface area (Å²) in [6.45, 7) is 4.53. The predicted molar refractivity (Wildman–Crippen MR) is 26.0 cm³/mol. The Morgan fingerprint density at radius 3 is 1.25 bits per heavy atom. The van der Waals surface area contributed by atoms with Crippen LogP contribution in [0.1, 0.15) is 0 Å². The van der Waals surface area contributed by atoms with Crippen molar-refractivity contribution in [2.45, 2.75) is 13.1 Å². The fourth-order valence-corrected chi connectivity index (χ4v) is 0. The van der Waals surface area contributed by atoms with Gasteiger partial charge in [-0.05, 0) is 0 Å². The van der Waals surface area contributed by atoms with Crippen molar-refractivity contribution in [3.8, 4) is 0 Å². The van der Waals surface area contributed by atoms with Crippen molar-refractivity contribution < 1.29 is 0 Å². The fraction of sp³-hybridized carbons (Fsp3) is 1.00. The van der Waals surface area contributed by atoms with E-state index >= 15 is 0 Å². The maximum Gasteiger partial charge on any atom is 0.0135 e. The SMILES string of the molecule is C[SiH2]C.[Li]. The molecule has 0 aliphatic heterocycles. The molecule has 0 aliphatic rings. The van der Waals surface area contributed by atoms with Gasteiger partial charge in [0, 0.05) is 28.4 Å². The predicted octanol–water partition coefficient (Wildman–Crippen LogP) is -0.129. The zero-order chi connectivity index (χ0) is 2.71. The second-order valence-corrected chi connectivity index (χ2v) is 2.12. The van der Waals surface area contributed by atoms with Gasteiger partial charge in [-0.15, -0.1) is 0 Å². The van der Waals surface area contributed by atoms with Crippen molar-refractivity contribution in [2.24, 2.45) is 0 Å². The van der Waals surface area contributed by atoms with Crippen molar-refractivity contribution in [3.63, 3.8) is 0 Å². The molecule has 0 saturated heterocycles. The molecule has 0 nitrogen and oxygen atoms in total. The Labute approximate surface area is 42.0 Å². The molecule has 0 heterocycles. The van der Waals surface area contributed by atoms with Gasteiger partial charge in [0.2, 0.25) is 0 Å². The summed E-state index contributed by atoms with van der Waals surface area (Å²) in [4.78, 5) is 0. The minimum absolute atomic E-state index is 0. The van der Waals surface area contributed by atoms with Gasteiger partial charge in [0.1, 0.15) is 0 Å². The average Bonchev–Trinajstić information content (AvgIpc) is 0.918. The van der Waals surface area contributed by atoms with Gasteiger partial charge < -0.3 is 0 Å². The largest absolute Gasteiger partial charge is 0.0750 e. The molecule has 2 heteroatoms. The third-order valence-corrected chi connectivity index (χ3v) is 0. The molecule has 0 saturated carbocycles. The molecule has 4 heavy (non-hydrogen) atoms. The molecule has 0 rings (SSSR count). The average molecular weight is 67.1 g/mol. The molecule has 0 aliphatic carbocycles. The Morgan fingerprint density at radius 2 is 1.25 bits per heavy atom. The maximum atomic E-state index is 2.26. The molecule has 0 N–H and O–H groups in total. The third-order valence-electron chi connectivity index (χ3n) is 0. The van der Waals surface area contributed by atoms with E-state index in [9.17, 15) is 0 Å². The first-order valence-electron chi connectivity index (χ1n) is 1.41. The van der Waals surface area contributed by atoms with Gasteiger partial charge in [-0.25, -0.2) is 0 Å². The van der Waals surface area contributed by atoms with Gasteiger partial charge in [-0.3, -0.25) is 0 Å². The van der Waals surface area contributed by atoms with Gasteiger partial charge in [-0.2, -0.15) is 0 Å². The van der Waals surface area contributed by atoms with E-state index in [4.69, 9.17) is 0 Å². The summed E-state index contributed by atoms with van der Waals surface area (Å²) in [5, 5.41) is 0. The first-order chi connectivity index (χ1) is 1.41. The fourth-order valence-electron chi connectivity index (χ4n) is 0. The molecular weight excluding hydrogens is 59.0 g/mol.